The minimum absolute atomic E-state index is 0.128. The molecular weight excluding hydrogens is 260 g/mol. The Hall–Kier alpha value is -1.30. The normalized spacial score (nSPS) is 31.1. The van der Waals surface area contributed by atoms with Crippen LogP contribution in [0.15, 0.2) is 0 Å². The number of carbonyl (C=O) groups excluding carboxylic acids is 1. The van der Waals surface area contributed by atoms with Crippen LogP contribution in [-0.2, 0) is 9.53 Å². The summed E-state index contributed by atoms with van der Waals surface area (Å²) in [5.74, 6) is -0.400. The van der Waals surface area contributed by atoms with E-state index in [0.717, 1.165) is 12.8 Å². The Labute approximate surface area is 119 Å². The minimum atomic E-state index is -1.05. The summed E-state index contributed by atoms with van der Waals surface area (Å²) in [7, 11) is 0. The van der Waals surface area contributed by atoms with Gasteiger partial charge in [-0.2, -0.15) is 0 Å². The van der Waals surface area contributed by atoms with Crippen molar-refractivity contribution < 1.29 is 19.4 Å². The number of amides is 2. The van der Waals surface area contributed by atoms with Crippen LogP contribution in [0.3, 0.4) is 0 Å². The molecule has 0 aromatic rings. The van der Waals surface area contributed by atoms with Gasteiger partial charge in [0.25, 0.3) is 0 Å². The van der Waals surface area contributed by atoms with Crippen LogP contribution in [0.25, 0.3) is 0 Å². The van der Waals surface area contributed by atoms with E-state index in [1.807, 2.05) is 0 Å². The van der Waals surface area contributed by atoms with Gasteiger partial charge in [-0.1, -0.05) is 13.8 Å². The molecule has 2 amide bonds. The van der Waals surface area contributed by atoms with E-state index in [-0.39, 0.29) is 24.7 Å². The summed E-state index contributed by atoms with van der Waals surface area (Å²) in [6.07, 6.45) is 2.29. The zero-order chi connectivity index (χ0) is 15.0. The van der Waals surface area contributed by atoms with E-state index < -0.39 is 17.4 Å². The molecule has 1 heterocycles. The molecule has 2 aliphatic rings. The van der Waals surface area contributed by atoms with Crippen molar-refractivity contribution in [2.45, 2.75) is 39.7 Å². The molecule has 2 rings (SSSR count). The Kier molecular flexibility index (Phi) is 3.95. The molecule has 3 N–H and O–H groups in total. The third-order valence-corrected chi connectivity index (χ3v) is 4.97. The number of carbonyl (C=O) groups is 2. The zero-order valence-corrected chi connectivity index (χ0v) is 12.4. The SMILES string of the molecule is CC(C)C1(CNC(=O)NC2COCC2(C)C(=O)O)CC1. The van der Waals surface area contributed by atoms with Gasteiger partial charge in [0.1, 0.15) is 5.41 Å². The summed E-state index contributed by atoms with van der Waals surface area (Å²) in [6, 6.07) is -0.797. The second-order valence-corrected chi connectivity index (χ2v) is 6.63. The number of rotatable bonds is 5. The Balaban J connectivity index is 1.84. The van der Waals surface area contributed by atoms with E-state index >= 15 is 0 Å². The molecule has 2 fully saturated rings. The first-order valence-corrected chi connectivity index (χ1v) is 7.16. The summed E-state index contributed by atoms with van der Waals surface area (Å²) >= 11 is 0. The first kappa shape index (κ1) is 15.1. The fourth-order valence-electron chi connectivity index (χ4n) is 2.67. The summed E-state index contributed by atoms with van der Waals surface area (Å²) < 4.78 is 5.21. The highest BCUT2D eigenvalue weighted by atomic mass is 16.5. The molecule has 1 aliphatic carbocycles. The van der Waals surface area contributed by atoms with Crippen molar-refractivity contribution in [2.75, 3.05) is 19.8 Å². The molecule has 20 heavy (non-hydrogen) atoms. The molecule has 2 unspecified atom stereocenters. The lowest BCUT2D eigenvalue weighted by Crippen LogP contribution is -2.53. The Morgan fingerprint density at radius 3 is 2.55 bits per heavy atom. The smallest absolute Gasteiger partial charge is 0.315 e. The van der Waals surface area contributed by atoms with Crippen LogP contribution in [0, 0.1) is 16.7 Å². The van der Waals surface area contributed by atoms with E-state index in [9.17, 15) is 14.7 Å². The summed E-state index contributed by atoms with van der Waals surface area (Å²) in [4.78, 5) is 23.2. The molecular formula is C14H24N2O4. The Morgan fingerprint density at radius 2 is 2.05 bits per heavy atom. The second-order valence-electron chi connectivity index (χ2n) is 6.63. The van der Waals surface area contributed by atoms with Gasteiger partial charge in [-0.3, -0.25) is 4.79 Å². The number of aliphatic carboxylic acids is 1. The van der Waals surface area contributed by atoms with Crippen LogP contribution < -0.4 is 10.6 Å². The van der Waals surface area contributed by atoms with E-state index in [1.54, 1.807) is 6.92 Å². The summed E-state index contributed by atoms with van der Waals surface area (Å²) in [6.45, 7) is 6.95. The highest BCUT2D eigenvalue weighted by Gasteiger charge is 2.48. The van der Waals surface area contributed by atoms with Gasteiger partial charge < -0.3 is 20.5 Å². The molecule has 0 aromatic heterocycles. The number of ether oxygens (including phenoxy) is 1. The zero-order valence-electron chi connectivity index (χ0n) is 12.4. The monoisotopic (exact) mass is 284 g/mol. The Morgan fingerprint density at radius 1 is 1.40 bits per heavy atom. The number of carboxylic acid groups (broad SMARTS) is 1. The quantitative estimate of drug-likeness (QED) is 0.708. The first-order valence-electron chi connectivity index (χ1n) is 7.16. The number of carboxylic acids is 1. The molecule has 2 atom stereocenters. The van der Waals surface area contributed by atoms with Gasteiger partial charge >= 0.3 is 12.0 Å². The highest BCUT2D eigenvalue weighted by molar-refractivity contribution is 5.79. The standard InChI is InChI=1S/C14H24N2O4/c1-9(2)14(4-5-14)7-15-12(19)16-10-6-20-8-13(10,3)11(17)18/h9-10H,4-8H2,1-3H3,(H,17,18)(H2,15,16,19). The fourth-order valence-corrected chi connectivity index (χ4v) is 2.67. The highest BCUT2D eigenvalue weighted by Crippen LogP contribution is 2.51. The third-order valence-electron chi connectivity index (χ3n) is 4.97. The molecule has 6 heteroatoms. The molecule has 6 nitrogen and oxygen atoms in total. The van der Waals surface area contributed by atoms with Crippen molar-refractivity contribution >= 4 is 12.0 Å². The van der Waals surface area contributed by atoms with Crippen molar-refractivity contribution in [2.24, 2.45) is 16.7 Å². The average molecular weight is 284 g/mol. The molecule has 1 aliphatic heterocycles. The number of hydrogen-bond acceptors (Lipinski definition) is 3. The van der Waals surface area contributed by atoms with Crippen molar-refractivity contribution in [3.05, 3.63) is 0 Å². The van der Waals surface area contributed by atoms with Gasteiger partial charge in [0.15, 0.2) is 0 Å². The van der Waals surface area contributed by atoms with Crippen molar-refractivity contribution in [1.29, 1.82) is 0 Å². The lowest BCUT2D eigenvalue weighted by molar-refractivity contribution is -0.148. The second kappa shape index (κ2) is 5.24. The van der Waals surface area contributed by atoms with Crippen molar-refractivity contribution in [3.8, 4) is 0 Å². The fraction of sp³-hybridized carbons (Fsp3) is 0.857. The number of hydrogen-bond donors (Lipinski definition) is 3. The molecule has 0 radical (unpaired) electrons. The van der Waals surface area contributed by atoms with E-state index in [1.165, 1.54) is 0 Å². The number of urea groups is 1. The van der Waals surface area contributed by atoms with Crippen LogP contribution in [0.4, 0.5) is 4.79 Å². The Bertz CT molecular complexity index is 406. The lowest BCUT2D eigenvalue weighted by atomic mass is 9.85. The minimum Gasteiger partial charge on any atom is -0.481 e. The van der Waals surface area contributed by atoms with E-state index in [2.05, 4.69) is 24.5 Å². The van der Waals surface area contributed by atoms with E-state index in [0.29, 0.717) is 12.5 Å². The lowest BCUT2D eigenvalue weighted by Gasteiger charge is -2.26. The van der Waals surface area contributed by atoms with Gasteiger partial charge in [-0.15, -0.1) is 0 Å². The predicted octanol–water partition coefficient (Wildman–Crippen LogP) is 1.21. The molecule has 1 saturated carbocycles. The first-order chi connectivity index (χ1) is 9.30. The third kappa shape index (κ3) is 2.75. The van der Waals surface area contributed by atoms with Crippen LogP contribution in [0.2, 0.25) is 0 Å². The van der Waals surface area contributed by atoms with Crippen LogP contribution >= 0.6 is 0 Å². The molecule has 0 bridgehead atoms. The van der Waals surface area contributed by atoms with Crippen molar-refractivity contribution in [3.63, 3.8) is 0 Å². The molecule has 0 aromatic carbocycles. The molecule has 0 spiro atoms. The van der Waals surface area contributed by atoms with Gasteiger partial charge in [0, 0.05) is 6.54 Å². The van der Waals surface area contributed by atoms with Gasteiger partial charge in [-0.05, 0) is 31.1 Å². The van der Waals surface area contributed by atoms with Gasteiger partial charge in [0.05, 0.1) is 19.3 Å². The maximum absolute atomic E-state index is 11.9. The predicted molar refractivity (Wildman–Crippen MR) is 73.4 cm³/mol. The average Bonchev–Trinajstić information content (AvgIpc) is 3.08. The topological polar surface area (TPSA) is 87.7 Å². The number of nitrogens with one attached hydrogen (secondary N) is 2. The van der Waals surface area contributed by atoms with Crippen LogP contribution in [0.5, 0.6) is 0 Å². The largest absolute Gasteiger partial charge is 0.481 e. The summed E-state index contributed by atoms with van der Waals surface area (Å²) in [5, 5.41) is 14.9. The maximum atomic E-state index is 11.9. The van der Waals surface area contributed by atoms with Crippen LogP contribution in [-0.4, -0.2) is 42.9 Å². The van der Waals surface area contributed by atoms with Gasteiger partial charge in [-0.25, -0.2) is 4.79 Å². The summed E-state index contributed by atoms with van der Waals surface area (Å²) in [5.41, 5.74) is -0.813. The maximum Gasteiger partial charge on any atom is 0.315 e. The molecule has 1 saturated heterocycles. The molecule has 114 valence electrons. The van der Waals surface area contributed by atoms with Crippen molar-refractivity contribution in [1.82, 2.24) is 10.6 Å². The van der Waals surface area contributed by atoms with Crippen LogP contribution in [0.1, 0.15) is 33.6 Å². The van der Waals surface area contributed by atoms with E-state index in [4.69, 9.17) is 4.74 Å². The van der Waals surface area contributed by atoms with Gasteiger partial charge in [0.2, 0.25) is 0 Å².